The molecule has 1 aliphatic heterocycles. The van der Waals surface area contributed by atoms with Gasteiger partial charge in [0, 0.05) is 23.5 Å². The predicted octanol–water partition coefficient (Wildman–Crippen LogP) is 6.01. The van der Waals surface area contributed by atoms with Crippen molar-refractivity contribution in [3.8, 4) is 5.75 Å². The van der Waals surface area contributed by atoms with Crippen molar-refractivity contribution in [2.24, 2.45) is 5.41 Å². The summed E-state index contributed by atoms with van der Waals surface area (Å²) in [5.41, 5.74) is 0.610. The number of nitrogens with zero attached hydrogens (tertiary/aromatic N) is 1. The Balaban J connectivity index is 1.72. The van der Waals surface area contributed by atoms with Crippen LogP contribution in [0.1, 0.15) is 52.0 Å². The van der Waals surface area contributed by atoms with Gasteiger partial charge in [0.2, 0.25) is 10.0 Å². The van der Waals surface area contributed by atoms with Crippen molar-refractivity contribution in [1.29, 1.82) is 0 Å². The number of piperidine rings is 1. The lowest BCUT2D eigenvalue weighted by Gasteiger charge is -2.40. The number of carboxylic acid groups (broad SMARTS) is 1. The van der Waals surface area contributed by atoms with Crippen molar-refractivity contribution in [3.63, 3.8) is 0 Å². The Kier molecular flexibility index (Phi) is 8.23. The average Bonchev–Trinajstić information content (AvgIpc) is 2.77. The van der Waals surface area contributed by atoms with E-state index in [1.807, 2.05) is 24.3 Å². The number of sulfonamides is 1. The fourth-order valence-electron chi connectivity index (χ4n) is 4.16. The molecular formula is C25H31Cl2NO5S. The molecule has 1 heterocycles. The van der Waals surface area contributed by atoms with Gasteiger partial charge in [-0.25, -0.2) is 8.42 Å². The molecule has 1 aliphatic rings. The van der Waals surface area contributed by atoms with Crippen molar-refractivity contribution in [2.45, 2.75) is 56.8 Å². The van der Waals surface area contributed by atoms with Gasteiger partial charge in [0.15, 0.2) is 0 Å². The molecule has 9 heteroatoms. The SMILES string of the molecule is CCC(C)(C)c1ccc(OCC2(CC(=O)O)CCN(S(=O)(=O)c3ccc(Cl)cc3Cl)CC2)cc1. The van der Waals surface area contributed by atoms with Crippen LogP contribution in [0.25, 0.3) is 0 Å². The summed E-state index contributed by atoms with van der Waals surface area (Å²) in [5.74, 6) is -0.260. The molecule has 34 heavy (non-hydrogen) atoms. The van der Waals surface area contributed by atoms with Gasteiger partial charge >= 0.3 is 5.97 Å². The predicted molar refractivity (Wildman–Crippen MR) is 134 cm³/mol. The van der Waals surface area contributed by atoms with E-state index in [-0.39, 0.29) is 41.5 Å². The summed E-state index contributed by atoms with van der Waals surface area (Å²) in [4.78, 5) is 11.6. The number of hydrogen-bond donors (Lipinski definition) is 1. The van der Waals surface area contributed by atoms with Gasteiger partial charge in [0.05, 0.1) is 18.1 Å². The molecule has 0 bridgehead atoms. The van der Waals surface area contributed by atoms with Gasteiger partial charge in [-0.3, -0.25) is 4.79 Å². The number of rotatable bonds is 9. The number of carboxylic acids is 1. The van der Waals surface area contributed by atoms with E-state index in [4.69, 9.17) is 27.9 Å². The molecule has 1 N–H and O–H groups in total. The molecule has 2 aromatic carbocycles. The molecule has 0 aromatic heterocycles. The Hall–Kier alpha value is -1.80. The van der Waals surface area contributed by atoms with Crippen LogP contribution in [0.5, 0.6) is 5.75 Å². The third-order valence-electron chi connectivity index (χ3n) is 6.89. The minimum absolute atomic E-state index is 0.00403. The summed E-state index contributed by atoms with van der Waals surface area (Å²) in [6.07, 6.45) is 1.65. The molecule has 6 nitrogen and oxygen atoms in total. The highest BCUT2D eigenvalue weighted by Gasteiger charge is 2.41. The van der Waals surface area contributed by atoms with E-state index in [1.165, 1.54) is 28.1 Å². The molecule has 0 amide bonds. The maximum atomic E-state index is 13.1. The van der Waals surface area contributed by atoms with Crippen LogP contribution in [-0.2, 0) is 20.2 Å². The first-order chi connectivity index (χ1) is 15.9. The fourth-order valence-corrected chi connectivity index (χ4v) is 6.35. The number of carbonyl (C=O) groups is 1. The normalized spacial score (nSPS) is 16.9. The zero-order valence-corrected chi connectivity index (χ0v) is 22.0. The standard InChI is InChI=1S/C25H31Cl2NO5S/c1-4-24(2,3)18-5-8-20(9-6-18)33-17-25(16-23(29)30)11-13-28(14-12-25)34(31,32)22-10-7-19(26)15-21(22)27/h5-10,15H,4,11-14,16-17H2,1-3H3,(H,29,30). The van der Waals surface area contributed by atoms with Gasteiger partial charge in [-0.05, 0) is 60.6 Å². The Labute approximate surface area is 211 Å². The lowest BCUT2D eigenvalue weighted by molar-refractivity contribution is -0.141. The van der Waals surface area contributed by atoms with E-state index in [9.17, 15) is 18.3 Å². The first-order valence-corrected chi connectivity index (χ1v) is 13.5. The summed E-state index contributed by atoms with van der Waals surface area (Å²) >= 11 is 12.0. The van der Waals surface area contributed by atoms with Gasteiger partial charge in [0.1, 0.15) is 10.6 Å². The van der Waals surface area contributed by atoms with Crippen molar-refractivity contribution in [1.82, 2.24) is 4.31 Å². The number of benzene rings is 2. The molecule has 0 unspecified atom stereocenters. The molecule has 0 aliphatic carbocycles. The van der Waals surface area contributed by atoms with Crippen LogP contribution in [0.15, 0.2) is 47.4 Å². The van der Waals surface area contributed by atoms with Crippen LogP contribution >= 0.6 is 23.2 Å². The summed E-state index contributed by atoms with van der Waals surface area (Å²) in [5, 5.41) is 9.95. The molecule has 1 saturated heterocycles. The van der Waals surface area contributed by atoms with Crippen molar-refractivity contribution in [2.75, 3.05) is 19.7 Å². The molecule has 186 valence electrons. The number of hydrogen-bond acceptors (Lipinski definition) is 4. The number of aliphatic carboxylic acids is 1. The molecular weight excluding hydrogens is 497 g/mol. The van der Waals surface area contributed by atoms with Crippen LogP contribution < -0.4 is 4.74 Å². The second-order valence-corrected chi connectivity index (χ2v) is 12.3. The number of ether oxygens (including phenoxy) is 1. The van der Waals surface area contributed by atoms with Crippen LogP contribution in [0.3, 0.4) is 0 Å². The Morgan fingerprint density at radius 2 is 1.74 bits per heavy atom. The van der Waals surface area contributed by atoms with Crippen LogP contribution in [0.2, 0.25) is 10.0 Å². The van der Waals surface area contributed by atoms with E-state index in [2.05, 4.69) is 20.8 Å². The van der Waals surface area contributed by atoms with Gasteiger partial charge < -0.3 is 9.84 Å². The zero-order chi connectivity index (χ0) is 25.1. The largest absolute Gasteiger partial charge is 0.493 e. The Morgan fingerprint density at radius 3 is 2.26 bits per heavy atom. The van der Waals surface area contributed by atoms with Crippen LogP contribution in [0.4, 0.5) is 0 Å². The quantitative estimate of drug-likeness (QED) is 0.431. The molecule has 2 aromatic rings. The van der Waals surface area contributed by atoms with E-state index in [0.29, 0.717) is 23.6 Å². The topological polar surface area (TPSA) is 83.9 Å². The third kappa shape index (κ3) is 6.06. The minimum atomic E-state index is -3.82. The molecule has 0 radical (unpaired) electrons. The summed E-state index contributed by atoms with van der Waals surface area (Å²) in [6.45, 7) is 7.08. The Morgan fingerprint density at radius 1 is 1.12 bits per heavy atom. The van der Waals surface area contributed by atoms with E-state index >= 15 is 0 Å². The van der Waals surface area contributed by atoms with Crippen molar-refractivity contribution in [3.05, 3.63) is 58.1 Å². The fraction of sp³-hybridized carbons (Fsp3) is 0.480. The lowest BCUT2D eigenvalue weighted by Crippen LogP contribution is -2.46. The highest BCUT2D eigenvalue weighted by Crippen LogP contribution is 2.39. The van der Waals surface area contributed by atoms with Crippen molar-refractivity contribution < 1.29 is 23.1 Å². The summed E-state index contributed by atoms with van der Waals surface area (Å²) in [6, 6.07) is 12.2. The van der Waals surface area contributed by atoms with E-state index in [1.54, 1.807) is 0 Å². The molecule has 1 fully saturated rings. The van der Waals surface area contributed by atoms with Crippen LogP contribution in [-0.4, -0.2) is 43.5 Å². The average molecular weight is 528 g/mol. The summed E-state index contributed by atoms with van der Waals surface area (Å²) in [7, 11) is -3.82. The maximum absolute atomic E-state index is 13.1. The second kappa shape index (κ2) is 10.4. The third-order valence-corrected chi connectivity index (χ3v) is 9.50. The van der Waals surface area contributed by atoms with Gasteiger partial charge in [-0.1, -0.05) is 56.1 Å². The Bertz CT molecular complexity index is 1120. The molecule has 3 rings (SSSR count). The lowest BCUT2D eigenvalue weighted by atomic mass is 9.77. The minimum Gasteiger partial charge on any atom is -0.493 e. The first kappa shape index (κ1) is 26.8. The number of halogens is 2. The summed E-state index contributed by atoms with van der Waals surface area (Å²) < 4.78 is 33.6. The molecule has 0 spiro atoms. The van der Waals surface area contributed by atoms with Gasteiger partial charge in [-0.2, -0.15) is 4.31 Å². The molecule has 0 atom stereocenters. The van der Waals surface area contributed by atoms with Crippen LogP contribution in [0, 0.1) is 5.41 Å². The van der Waals surface area contributed by atoms with E-state index in [0.717, 1.165) is 6.42 Å². The van der Waals surface area contributed by atoms with Gasteiger partial charge in [0.25, 0.3) is 0 Å². The zero-order valence-electron chi connectivity index (χ0n) is 19.7. The van der Waals surface area contributed by atoms with Crippen molar-refractivity contribution >= 4 is 39.2 Å². The first-order valence-electron chi connectivity index (χ1n) is 11.3. The second-order valence-electron chi connectivity index (χ2n) is 9.60. The smallest absolute Gasteiger partial charge is 0.304 e. The highest BCUT2D eigenvalue weighted by molar-refractivity contribution is 7.89. The highest BCUT2D eigenvalue weighted by atomic mass is 35.5. The van der Waals surface area contributed by atoms with E-state index < -0.39 is 21.4 Å². The monoisotopic (exact) mass is 527 g/mol. The molecule has 0 saturated carbocycles. The van der Waals surface area contributed by atoms with Gasteiger partial charge in [-0.15, -0.1) is 0 Å². The maximum Gasteiger partial charge on any atom is 0.304 e.